The minimum atomic E-state index is -4.49. The summed E-state index contributed by atoms with van der Waals surface area (Å²) in [6, 6.07) is 12.2. The molecule has 0 saturated carbocycles. The van der Waals surface area contributed by atoms with Crippen LogP contribution in [0.3, 0.4) is 0 Å². The number of unbranched alkanes of at least 4 members (excludes halogenated alkanes) is 8. The Morgan fingerprint density at radius 3 is 2.15 bits per heavy atom. The first kappa shape index (κ1) is 27.4. The summed E-state index contributed by atoms with van der Waals surface area (Å²) in [4.78, 5) is 17.2. The summed E-state index contributed by atoms with van der Waals surface area (Å²) in [6.45, 7) is 4.20. The third kappa shape index (κ3) is 10.4. The molecule has 7 heteroatoms. The van der Waals surface area contributed by atoms with E-state index < -0.39 is 17.8 Å². The van der Waals surface area contributed by atoms with Gasteiger partial charge < -0.3 is 0 Å². The maximum Gasteiger partial charge on any atom is 0.437 e. The van der Waals surface area contributed by atoms with E-state index in [2.05, 4.69) is 17.4 Å². The Labute approximate surface area is 200 Å². The molecular formula is C27H35F3N2O2. The number of aryl methyl sites for hydroxylation is 1. The van der Waals surface area contributed by atoms with Crippen LogP contribution in [0.25, 0.3) is 0 Å². The number of anilines is 1. The first-order valence-corrected chi connectivity index (χ1v) is 12.1. The van der Waals surface area contributed by atoms with Crippen molar-refractivity contribution in [3.63, 3.8) is 0 Å². The van der Waals surface area contributed by atoms with Crippen LogP contribution in [0.5, 0.6) is 0 Å². The predicted octanol–water partition coefficient (Wildman–Crippen LogP) is 8.89. The molecule has 0 atom stereocenters. The van der Waals surface area contributed by atoms with E-state index in [-0.39, 0.29) is 5.69 Å². The number of rotatable bonds is 13. The summed E-state index contributed by atoms with van der Waals surface area (Å²) in [5.74, 6) is 0. The zero-order valence-corrected chi connectivity index (χ0v) is 20.1. The molecule has 2 aromatic rings. The molecule has 0 fully saturated rings. The van der Waals surface area contributed by atoms with E-state index in [0.717, 1.165) is 42.5 Å². The van der Waals surface area contributed by atoms with Gasteiger partial charge in [-0.2, -0.15) is 13.2 Å². The molecule has 186 valence electrons. The average Bonchev–Trinajstić information content (AvgIpc) is 2.80. The highest BCUT2D eigenvalue weighted by molar-refractivity contribution is 6.00. The van der Waals surface area contributed by atoms with E-state index in [9.17, 15) is 18.0 Å². The van der Waals surface area contributed by atoms with Gasteiger partial charge in [0, 0.05) is 5.69 Å². The minimum Gasteiger partial charge on any atom is -0.297 e. The number of benzene rings is 2. The molecule has 0 aliphatic heterocycles. The molecule has 0 aliphatic rings. The van der Waals surface area contributed by atoms with E-state index in [4.69, 9.17) is 4.84 Å². The largest absolute Gasteiger partial charge is 0.437 e. The molecular weight excluding hydrogens is 441 g/mol. The van der Waals surface area contributed by atoms with Crippen LogP contribution in [0.1, 0.15) is 87.8 Å². The molecule has 0 saturated heterocycles. The number of oxime groups is 1. The zero-order chi connectivity index (χ0) is 24.8. The van der Waals surface area contributed by atoms with Crippen LogP contribution < -0.4 is 5.32 Å². The highest BCUT2D eigenvalue weighted by atomic mass is 19.4. The number of alkyl halides is 3. The molecule has 0 aliphatic carbocycles. The molecule has 0 heterocycles. The third-order valence-corrected chi connectivity index (χ3v) is 5.58. The number of nitrogens with zero attached hydrogens (tertiary/aromatic N) is 1. The van der Waals surface area contributed by atoms with Crippen molar-refractivity contribution in [2.75, 3.05) is 5.32 Å². The van der Waals surface area contributed by atoms with Crippen molar-refractivity contribution in [3.05, 3.63) is 65.2 Å². The van der Waals surface area contributed by atoms with E-state index in [1.54, 1.807) is 0 Å². The second-order valence-electron chi connectivity index (χ2n) is 8.56. The molecule has 0 spiro atoms. The van der Waals surface area contributed by atoms with Crippen molar-refractivity contribution < 1.29 is 22.8 Å². The van der Waals surface area contributed by atoms with Crippen molar-refractivity contribution in [1.82, 2.24) is 0 Å². The number of hydrogen-bond acceptors (Lipinski definition) is 3. The van der Waals surface area contributed by atoms with Gasteiger partial charge in [0.25, 0.3) is 0 Å². The fourth-order valence-electron chi connectivity index (χ4n) is 3.60. The highest BCUT2D eigenvalue weighted by Crippen LogP contribution is 2.30. The number of hydrogen-bond donors (Lipinski definition) is 1. The lowest BCUT2D eigenvalue weighted by Gasteiger charge is -2.10. The molecule has 2 rings (SSSR count). The lowest BCUT2D eigenvalue weighted by atomic mass is 10.0. The molecule has 0 radical (unpaired) electrons. The van der Waals surface area contributed by atoms with Crippen LogP contribution in [-0.4, -0.2) is 11.8 Å². The summed E-state index contributed by atoms with van der Waals surface area (Å²) in [6.07, 6.45) is 5.99. The number of carbonyl (C=O) groups excluding carboxylic acids is 1. The van der Waals surface area contributed by atoms with Gasteiger partial charge in [0.2, 0.25) is 0 Å². The van der Waals surface area contributed by atoms with Crippen molar-refractivity contribution >= 4 is 17.5 Å². The van der Waals surface area contributed by atoms with Gasteiger partial charge >= 0.3 is 12.3 Å². The Hall–Kier alpha value is -2.83. The van der Waals surface area contributed by atoms with Gasteiger partial charge in [-0.05, 0) is 43.5 Å². The fraction of sp³-hybridized carbons (Fsp3) is 0.481. The smallest absolute Gasteiger partial charge is 0.297 e. The maximum atomic E-state index is 12.9. The van der Waals surface area contributed by atoms with Gasteiger partial charge in [0.1, 0.15) is 0 Å². The summed E-state index contributed by atoms with van der Waals surface area (Å²) < 4.78 is 38.6. The zero-order valence-electron chi connectivity index (χ0n) is 20.1. The Bertz CT molecular complexity index is 909. The second kappa shape index (κ2) is 14.4. The normalized spacial score (nSPS) is 12.0. The summed E-state index contributed by atoms with van der Waals surface area (Å²) in [5.41, 5.74) is 1.75. The lowest BCUT2D eigenvalue weighted by Crippen LogP contribution is -2.14. The predicted molar refractivity (Wildman–Crippen MR) is 131 cm³/mol. The Kier molecular flexibility index (Phi) is 11.6. The number of nitrogens with one attached hydrogen (secondary N) is 1. The van der Waals surface area contributed by atoms with Crippen molar-refractivity contribution in [3.8, 4) is 0 Å². The topological polar surface area (TPSA) is 50.7 Å². The van der Waals surface area contributed by atoms with Crippen molar-refractivity contribution in [2.24, 2.45) is 5.16 Å². The van der Waals surface area contributed by atoms with Crippen LogP contribution >= 0.6 is 0 Å². The van der Waals surface area contributed by atoms with Crippen LogP contribution in [0.4, 0.5) is 23.7 Å². The Morgan fingerprint density at radius 2 is 1.53 bits per heavy atom. The number of carbonyl (C=O) groups is 1. The molecule has 1 N–H and O–H groups in total. The van der Waals surface area contributed by atoms with Crippen molar-refractivity contribution in [1.29, 1.82) is 0 Å². The first-order chi connectivity index (χ1) is 16.3. The van der Waals surface area contributed by atoms with E-state index in [1.165, 1.54) is 50.7 Å². The van der Waals surface area contributed by atoms with Crippen LogP contribution in [0.2, 0.25) is 0 Å². The number of amides is 1. The lowest BCUT2D eigenvalue weighted by molar-refractivity contribution is -0.137. The van der Waals surface area contributed by atoms with Gasteiger partial charge in [-0.3, -0.25) is 10.2 Å². The van der Waals surface area contributed by atoms with Gasteiger partial charge in [-0.25, -0.2) is 4.79 Å². The summed E-state index contributed by atoms with van der Waals surface area (Å²) in [7, 11) is 0. The van der Waals surface area contributed by atoms with Gasteiger partial charge in [0.05, 0.1) is 11.3 Å². The molecule has 0 bridgehead atoms. The third-order valence-electron chi connectivity index (χ3n) is 5.58. The van der Waals surface area contributed by atoms with E-state index in [1.807, 2.05) is 31.2 Å². The SMILES string of the molecule is CCCCCCCCCCCC(=NOC(=O)Nc1cccc(C(F)(F)F)c1)c1ccc(C)cc1. The van der Waals surface area contributed by atoms with Crippen molar-refractivity contribution in [2.45, 2.75) is 84.2 Å². The molecule has 4 nitrogen and oxygen atoms in total. The first-order valence-electron chi connectivity index (χ1n) is 12.1. The molecule has 1 amide bonds. The fourth-order valence-corrected chi connectivity index (χ4v) is 3.60. The van der Waals surface area contributed by atoms with Gasteiger partial charge in [-0.15, -0.1) is 0 Å². The molecule has 0 aromatic heterocycles. The quantitative estimate of drug-likeness (QED) is 0.136. The minimum absolute atomic E-state index is 0.00847. The monoisotopic (exact) mass is 476 g/mol. The van der Waals surface area contributed by atoms with E-state index >= 15 is 0 Å². The second-order valence-corrected chi connectivity index (χ2v) is 8.56. The molecule has 34 heavy (non-hydrogen) atoms. The van der Waals surface area contributed by atoms with Gasteiger partial charge in [-0.1, -0.05) is 99.3 Å². The van der Waals surface area contributed by atoms with E-state index in [0.29, 0.717) is 12.1 Å². The maximum absolute atomic E-state index is 12.9. The Morgan fingerprint density at radius 1 is 0.912 bits per heavy atom. The van der Waals surface area contributed by atoms with Crippen LogP contribution in [-0.2, 0) is 11.0 Å². The van der Waals surface area contributed by atoms with Crippen LogP contribution in [0.15, 0.2) is 53.7 Å². The highest BCUT2D eigenvalue weighted by Gasteiger charge is 2.30. The summed E-state index contributed by atoms with van der Waals surface area (Å²) in [5, 5.41) is 6.35. The molecule has 2 aromatic carbocycles. The Balaban J connectivity index is 1.91. The van der Waals surface area contributed by atoms with Gasteiger partial charge in [0.15, 0.2) is 0 Å². The summed E-state index contributed by atoms with van der Waals surface area (Å²) >= 11 is 0. The average molecular weight is 477 g/mol. The molecule has 0 unspecified atom stereocenters. The standard InChI is InChI=1S/C27H35F3N2O2/c1-3-4-5-6-7-8-9-10-11-15-25(22-18-16-21(2)17-19-22)32-34-26(33)31-24-14-12-13-23(20-24)27(28,29)30/h12-14,16-20H,3-11,15H2,1-2H3,(H,31,33). The van der Waals surface area contributed by atoms with Crippen LogP contribution in [0, 0.1) is 6.92 Å². The number of halogens is 3.